The molecule has 1 aliphatic heterocycles. The van der Waals surface area contributed by atoms with Crippen LogP contribution in [-0.2, 0) is 29.1 Å². The Morgan fingerprint density at radius 1 is 1.22 bits per heavy atom. The van der Waals surface area contributed by atoms with Crippen molar-refractivity contribution in [1.82, 2.24) is 20.5 Å². The van der Waals surface area contributed by atoms with Crippen LogP contribution in [0, 0.1) is 11.6 Å². The van der Waals surface area contributed by atoms with E-state index in [1.807, 2.05) is 30.3 Å². The van der Waals surface area contributed by atoms with Gasteiger partial charge in [0.1, 0.15) is 17.8 Å². The van der Waals surface area contributed by atoms with Crippen molar-refractivity contribution < 1.29 is 23.5 Å². The van der Waals surface area contributed by atoms with Crippen molar-refractivity contribution >= 4 is 29.0 Å². The number of fused-ring (bicyclic) bond motifs is 1. The molecular weight excluding hydrogens is 472 g/mol. The summed E-state index contributed by atoms with van der Waals surface area (Å²) in [6.07, 6.45) is 1.48. The van der Waals surface area contributed by atoms with E-state index < -0.39 is 29.5 Å². The molecule has 11 heteroatoms. The number of benzene rings is 2. The fourth-order valence-electron chi connectivity index (χ4n) is 4.25. The smallest absolute Gasteiger partial charge is 0.305 e. The Kier molecular flexibility index (Phi) is 8.04. The van der Waals surface area contributed by atoms with Gasteiger partial charge in [0.25, 0.3) is 0 Å². The van der Waals surface area contributed by atoms with Crippen LogP contribution in [0.5, 0.6) is 0 Å². The van der Waals surface area contributed by atoms with E-state index in [1.54, 1.807) is 0 Å². The van der Waals surface area contributed by atoms with Crippen molar-refractivity contribution in [2.45, 2.75) is 32.2 Å². The first-order valence-corrected chi connectivity index (χ1v) is 11.6. The van der Waals surface area contributed by atoms with E-state index in [9.17, 15) is 14.4 Å². The molecule has 1 aliphatic rings. The largest absolute Gasteiger partial charge is 0.481 e. The summed E-state index contributed by atoms with van der Waals surface area (Å²) in [5, 5.41) is 18.0. The second-order valence-electron chi connectivity index (χ2n) is 8.48. The summed E-state index contributed by atoms with van der Waals surface area (Å²) in [4.78, 5) is 36.9. The van der Waals surface area contributed by atoms with E-state index in [2.05, 4.69) is 16.0 Å². The van der Waals surface area contributed by atoms with Gasteiger partial charge in [-0.05, 0) is 18.1 Å². The van der Waals surface area contributed by atoms with Gasteiger partial charge in [0.05, 0.1) is 17.3 Å². The summed E-state index contributed by atoms with van der Waals surface area (Å²) in [7, 11) is 0. The molecule has 1 saturated heterocycles. The molecule has 0 unspecified atom stereocenters. The van der Waals surface area contributed by atoms with E-state index in [0.29, 0.717) is 12.8 Å². The number of nitrogens with one attached hydrogen (secondary N) is 3. The molecular formula is C25H27F2N5O4. The second-order valence-corrected chi connectivity index (χ2v) is 8.48. The van der Waals surface area contributed by atoms with E-state index in [1.165, 1.54) is 10.8 Å². The molecule has 1 aromatic heterocycles. The molecule has 4 N–H and O–H groups in total. The number of hydrogen-bond acceptors (Lipinski definition) is 6. The molecule has 2 heterocycles. The van der Waals surface area contributed by atoms with Crippen LogP contribution in [0.4, 0.5) is 14.5 Å². The molecule has 9 nitrogen and oxygen atoms in total. The summed E-state index contributed by atoms with van der Waals surface area (Å²) in [6, 6.07) is 10.4. The minimum absolute atomic E-state index is 0.0747. The van der Waals surface area contributed by atoms with Gasteiger partial charge in [0.2, 0.25) is 11.8 Å². The Balaban J connectivity index is 1.79. The van der Waals surface area contributed by atoms with Crippen LogP contribution in [-0.4, -0.2) is 48.0 Å². The lowest BCUT2D eigenvalue weighted by molar-refractivity contribution is -0.136. The average Bonchev–Trinajstić information content (AvgIpc) is 3.39. The highest BCUT2D eigenvalue weighted by Crippen LogP contribution is 2.25. The van der Waals surface area contributed by atoms with Crippen LogP contribution < -0.4 is 26.3 Å². The third-order valence-electron chi connectivity index (χ3n) is 6.12. The number of rotatable bonds is 11. The number of pyridine rings is 1. The van der Waals surface area contributed by atoms with Gasteiger partial charge in [-0.3, -0.25) is 30.3 Å². The summed E-state index contributed by atoms with van der Waals surface area (Å²) in [5.74, 6) is -2.90. The fraction of sp³-hybridized carbons (Fsp3) is 0.320. The highest BCUT2D eigenvalue weighted by Gasteiger charge is 2.23. The van der Waals surface area contributed by atoms with Gasteiger partial charge in [-0.2, -0.15) is 0 Å². The van der Waals surface area contributed by atoms with E-state index in [4.69, 9.17) is 5.11 Å². The van der Waals surface area contributed by atoms with Crippen molar-refractivity contribution in [2.75, 3.05) is 24.5 Å². The number of carbonyl (C=O) groups excluding carboxylic acids is 1. The fourth-order valence-corrected chi connectivity index (χ4v) is 4.25. The van der Waals surface area contributed by atoms with Crippen LogP contribution in [0.15, 0.2) is 47.4 Å². The molecule has 0 radical (unpaired) electrons. The summed E-state index contributed by atoms with van der Waals surface area (Å²) in [5.41, 5.74) is -0.219. The Labute approximate surface area is 205 Å². The van der Waals surface area contributed by atoms with Gasteiger partial charge < -0.3 is 14.6 Å². The number of aliphatic carboxylic acids is 1. The summed E-state index contributed by atoms with van der Waals surface area (Å²) in [6.45, 7) is 1.30. The topological polar surface area (TPSA) is 116 Å². The molecule has 0 aliphatic carbocycles. The van der Waals surface area contributed by atoms with Crippen molar-refractivity contribution in [1.29, 1.82) is 0 Å². The number of carboxylic acids is 1. The lowest BCUT2D eigenvalue weighted by Crippen LogP contribution is -2.44. The Hall–Kier alpha value is -3.67. The number of aryl methyl sites for hydroxylation is 2. The molecule has 190 valence electrons. The normalized spacial score (nSPS) is 13.8. The summed E-state index contributed by atoms with van der Waals surface area (Å²) < 4.78 is 32.3. The molecule has 2 aromatic carbocycles. The van der Waals surface area contributed by atoms with E-state index in [0.717, 1.165) is 29.6 Å². The number of anilines is 1. The number of hydrogen-bond donors (Lipinski definition) is 4. The maximum Gasteiger partial charge on any atom is 0.305 e. The molecule has 0 bridgehead atoms. The number of aromatic nitrogens is 1. The molecule has 36 heavy (non-hydrogen) atoms. The van der Waals surface area contributed by atoms with Crippen LogP contribution in [0.2, 0.25) is 0 Å². The van der Waals surface area contributed by atoms with Crippen LogP contribution >= 0.6 is 0 Å². The minimum Gasteiger partial charge on any atom is -0.481 e. The van der Waals surface area contributed by atoms with E-state index in [-0.39, 0.29) is 48.1 Å². The predicted octanol–water partition coefficient (Wildman–Crippen LogP) is 1.53. The molecule has 4 rings (SSSR count). The highest BCUT2D eigenvalue weighted by molar-refractivity contribution is 5.87. The third-order valence-corrected chi connectivity index (χ3v) is 6.12. The van der Waals surface area contributed by atoms with Gasteiger partial charge in [-0.25, -0.2) is 8.78 Å². The van der Waals surface area contributed by atoms with Gasteiger partial charge >= 0.3 is 5.97 Å². The lowest BCUT2D eigenvalue weighted by Gasteiger charge is -2.21. The quantitative estimate of drug-likeness (QED) is 0.296. The first-order chi connectivity index (χ1) is 17.4. The maximum absolute atomic E-state index is 15.8. The van der Waals surface area contributed by atoms with Gasteiger partial charge in [-0.1, -0.05) is 30.3 Å². The molecule has 0 atom stereocenters. The lowest BCUT2D eigenvalue weighted by atomic mass is 10.1. The first kappa shape index (κ1) is 25.4. The zero-order valence-corrected chi connectivity index (χ0v) is 19.5. The minimum atomic E-state index is -1.15. The second kappa shape index (κ2) is 11.4. The predicted molar refractivity (Wildman–Crippen MR) is 131 cm³/mol. The molecule has 1 fully saturated rings. The van der Waals surface area contributed by atoms with Gasteiger partial charge in [0.15, 0.2) is 5.82 Å². The monoisotopic (exact) mass is 499 g/mol. The SMILES string of the molecule is O=CN(CCC(=O)O)c1cn(CCc2ccccc2)c2c(F)c(CNC3NCCN3)c(F)cc2c1=O. The molecule has 0 saturated carbocycles. The first-order valence-electron chi connectivity index (χ1n) is 11.6. The number of amides is 1. The van der Waals surface area contributed by atoms with Gasteiger partial charge in [0, 0.05) is 44.5 Å². The molecule has 0 spiro atoms. The summed E-state index contributed by atoms with van der Waals surface area (Å²) >= 11 is 0. The zero-order chi connectivity index (χ0) is 25.7. The molecule has 1 amide bonds. The Morgan fingerprint density at radius 2 is 1.94 bits per heavy atom. The van der Waals surface area contributed by atoms with Crippen molar-refractivity contribution in [3.8, 4) is 0 Å². The van der Waals surface area contributed by atoms with Crippen LogP contribution in [0.1, 0.15) is 17.5 Å². The number of carbonyl (C=O) groups is 2. The Morgan fingerprint density at radius 3 is 2.61 bits per heavy atom. The standard InChI is InChI=1S/C25H27F2N5O4/c26-19-12-17-23(22(27)18(19)13-30-25-28-8-9-29-25)31(10-6-16-4-2-1-3-5-16)14-20(24(17)36)32(15-33)11-7-21(34)35/h1-5,12,14-15,25,28-30H,6-11,13H2,(H,34,35). The number of halogens is 2. The Bertz CT molecular complexity index is 1310. The average molecular weight is 500 g/mol. The van der Waals surface area contributed by atoms with Gasteiger partial charge in [-0.15, -0.1) is 0 Å². The van der Waals surface area contributed by atoms with Crippen LogP contribution in [0.3, 0.4) is 0 Å². The van der Waals surface area contributed by atoms with E-state index >= 15 is 8.78 Å². The molecule has 3 aromatic rings. The van der Waals surface area contributed by atoms with Crippen molar-refractivity contribution in [3.63, 3.8) is 0 Å². The highest BCUT2D eigenvalue weighted by atomic mass is 19.1. The maximum atomic E-state index is 15.8. The third kappa shape index (κ3) is 5.59. The number of carboxylic acid groups (broad SMARTS) is 1. The van der Waals surface area contributed by atoms with Crippen LogP contribution in [0.25, 0.3) is 10.9 Å². The van der Waals surface area contributed by atoms with Crippen molar-refractivity contribution in [2.24, 2.45) is 0 Å². The van der Waals surface area contributed by atoms with Crippen molar-refractivity contribution in [3.05, 3.63) is 75.6 Å². The number of nitrogens with zero attached hydrogens (tertiary/aromatic N) is 2. The zero-order valence-electron chi connectivity index (χ0n) is 19.5.